The Bertz CT molecular complexity index is 568. The minimum absolute atomic E-state index is 0.346. The van der Waals surface area contributed by atoms with Crippen LogP contribution in [0.2, 0.25) is 0 Å². The second-order valence-electron chi connectivity index (χ2n) is 3.50. The van der Waals surface area contributed by atoms with E-state index in [4.69, 9.17) is 22.7 Å². The molecule has 0 unspecified atom stereocenters. The van der Waals surface area contributed by atoms with Gasteiger partial charge in [0.15, 0.2) is 0 Å². The number of aromatic amines is 1. The summed E-state index contributed by atoms with van der Waals surface area (Å²) in [5.41, 5.74) is 7.29. The predicted molar refractivity (Wildman–Crippen MR) is 73.4 cm³/mol. The molecule has 3 N–H and O–H groups in total. The summed E-state index contributed by atoms with van der Waals surface area (Å²) in [5.74, 6) is 1.20. The van der Waals surface area contributed by atoms with E-state index in [2.05, 4.69) is 26.1 Å². The standard InChI is InChI=1S/C11H10BrN3OS/c1-6-4-10(15-14-6)16-7-2-3-8(11(13)17)9(12)5-7/h2-5H,1H3,(H2,13,17)(H,14,15). The fourth-order valence-electron chi connectivity index (χ4n) is 1.33. The van der Waals surface area contributed by atoms with Gasteiger partial charge in [0.25, 0.3) is 0 Å². The molecule has 1 heterocycles. The number of benzene rings is 1. The van der Waals surface area contributed by atoms with Crippen molar-refractivity contribution in [2.24, 2.45) is 5.73 Å². The highest BCUT2D eigenvalue weighted by molar-refractivity contribution is 9.10. The first-order chi connectivity index (χ1) is 8.06. The van der Waals surface area contributed by atoms with Crippen LogP contribution in [0.25, 0.3) is 0 Å². The molecule has 2 rings (SSSR count). The van der Waals surface area contributed by atoms with Crippen LogP contribution >= 0.6 is 28.1 Å². The minimum atomic E-state index is 0.346. The number of aromatic nitrogens is 2. The monoisotopic (exact) mass is 311 g/mol. The molecule has 0 aliphatic heterocycles. The van der Waals surface area contributed by atoms with Crippen LogP contribution < -0.4 is 10.5 Å². The third-order valence-electron chi connectivity index (χ3n) is 2.11. The molecule has 0 aliphatic rings. The Labute approximate surface area is 112 Å². The van der Waals surface area contributed by atoms with Crippen LogP contribution in [0.1, 0.15) is 11.3 Å². The molecule has 0 saturated carbocycles. The second-order valence-corrected chi connectivity index (χ2v) is 4.79. The first kappa shape index (κ1) is 12.1. The maximum Gasteiger partial charge on any atom is 0.238 e. The zero-order valence-electron chi connectivity index (χ0n) is 9.03. The molecule has 2 aromatic rings. The Morgan fingerprint density at radius 2 is 2.24 bits per heavy atom. The molecule has 0 fully saturated rings. The maximum atomic E-state index is 5.56. The lowest BCUT2D eigenvalue weighted by Gasteiger charge is -2.05. The van der Waals surface area contributed by atoms with Gasteiger partial charge in [0.05, 0.1) is 0 Å². The lowest BCUT2D eigenvalue weighted by atomic mass is 10.2. The van der Waals surface area contributed by atoms with Crippen molar-refractivity contribution in [3.63, 3.8) is 0 Å². The van der Waals surface area contributed by atoms with Crippen LogP contribution in [0, 0.1) is 6.92 Å². The molecule has 1 aromatic carbocycles. The van der Waals surface area contributed by atoms with Gasteiger partial charge >= 0.3 is 0 Å². The van der Waals surface area contributed by atoms with Crippen LogP contribution in [0.5, 0.6) is 11.6 Å². The molecular weight excluding hydrogens is 302 g/mol. The van der Waals surface area contributed by atoms with Gasteiger partial charge in [-0.15, -0.1) is 5.10 Å². The Balaban J connectivity index is 2.23. The fourth-order valence-corrected chi connectivity index (χ4v) is 2.21. The Morgan fingerprint density at radius 1 is 1.47 bits per heavy atom. The van der Waals surface area contributed by atoms with Gasteiger partial charge in [-0.05, 0) is 41.1 Å². The molecule has 88 valence electrons. The van der Waals surface area contributed by atoms with E-state index in [0.29, 0.717) is 16.6 Å². The Hall–Kier alpha value is -1.40. The summed E-state index contributed by atoms with van der Waals surface area (Å²) in [7, 11) is 0. The SMILES string of the molecule is Cc1cc(Oc2ccc(C(N)=S)c(Br)c2)n[nH]1. The average Bonchev–Trinajstić information content (AvgIpc) is 2.63. The molecule has 17 heavy (non-hydrogen) atoms. The van der Waals surface area contributed by atoms with Crippen molar-refractivity contribution in [3.8, 4) is 11.6 Å². The van der Waals surface area contributed by atoms with Gasteiger partial charge in [-0.2, -0.15) is 0 Å². The van der Waals surface area contributed by atoms with Gasteiger partial charge in [-0.1, -0.05) is 12.2 Å². The molecule has 0 aliphatic carbocycles. The maximum absolute atomic E-state index is 5.56. The molecule has 1 aromatic heterocycles. The van der Waals surface area contributed by atoms with Gasteiger partial charge < -0.3 is 10.5 Å². The number of nitrogens with zero attached hydrogens (tertiary/aromatic N) is 1. The largest absolute Gasteiger partial charge is 0.438 e. The lowest BCUT2D eigenvalue weighted by Crippen LogP contribution is -2.09. The zero-order chi connectivity index (χ0) is 12.4. The van der Waals surface area contributed by atoms with E-state index in [1.54, 1.807) is 18.2 Å². The quantitative estimate of drug-likeness (QED) is 0.855. The summed E-state index contributed by atoms with van der Waals surface area (Å²) in [6.07, 6.45) is 0. The van der Waals surface area contributed by atoms with Crippen molar-refractivity contribution in [1.29, 1.82) is 0 Å². The van der Waals surface area contributed by atoms with Crippen molar-refractivity contribution in [2.75, 3.05) is 0 Å². The number of ether oxygens (including phenoxy) is 1. The van der Waals surface area contributed by atoms with E-state index in [9.17, 15) is 0 Å². The number of thiocarbonyl (C=S) groups is 1. The number of nitrogens with two attached hydrogens (primary N) is 1. The predicted octanol–water partition coefficient (Wildman–Crippen LogP) is 2.91. The first-order valence-corrected chi connectivity index (χ1v) is 6.05. The molecule has 0 saturated heterocycles. The highest BCUT2D eigenvalue weighted by Gasteiger charge is 2.06. The zero-order valence-corrected chi connectivity index (χ0v) is 11.4. The number of halogens is 1. The van der Waals surface area contributed by atoms with E-state index in [0.717, 1.165) is 15.7 Å². The van der Waals surface area contributed by atoms with E-state index < -0.39 is 0 Å². The summed E-state index contributed by atoms with van der Waals surface area (Å²) in [6.45, 7) is 1.91. The topological polar surface area (TPSA) is 63.9 Å². The Kier molecular flexibility index (Phi) is 3.44. The molecule has 0 amide bonds. The molecule has 4 nitrogen and oxygen atoms in total. The first-order valence-electron chi connectivity index (χ1n) is 4.85. The highest BCUT2D eigenvalue weighted by atomic mass is 79.9. The van der Waals surface area contributed by atoms with Crippen molar-refractivity contribution < 1.29 is 4.74 Å². The number of H-pyrrole nitrogens is 1. The van der Waals surface area contributed by atoms with Gasteiger partial charge in [0.2, 0.25) is 5.88 Å². The van der Waals surface area contributed by atoms with E-state index >= 15 is 0 Å². The van der Waals surface area contributed by atoms with Crippen LogP contribution in [-0.2, 0) is 0 Å². The third kappa shape index (κ3) is 2.83. The number of rotatable bonds is 3. The summed E-state index contributed by atoms with van der Waals surface area (Å²) in [4.78, 5) is 0.346. The van der Waals surface area contributed by atoms with Gasteiger partial charge in [-0.3, -0.25) is 5.10 Å². The van der Waals surface area contributed by atoms with Crippen LogP contribution in [-0.4, -0.2) is 15.2 Å². The van der Waals surface area contributed by atoms with Crippen LogP contribution in [0.4, 0.5) is 0 Å². The fraction of sp³-hybridized carbons (Fsp3) is 0.0909. The third-order valence-corrected chi connectivity index (χ3v) is 2.99. The van der Waals surface area contributed by atoms with Crippen LogP contribution in [0.15, 0.2) is 28.7 Å². The summed E-state index contributed by atoms with van der Waals surface area (Å²) in [6, 6.07) is 7.22. The van der Waals surface area contributed by atoms with Gasteiger partial charge in [0, 0.05) is 21.8 Å². The van der Waals surface area contributed by atoms with Crippen molar-refractivity contribution >= 4 is 33.1 Å². The van der Waals surface area contributed by atoms with Gasteiger partial charge in [0.1, 0.15) is 10.7 Å². The lowest BCUT2D eigenvalue weighted by molar-refractivity contribution is 0.461. The van der Waals surface area contributed by atoms with Crippen molar-refractivity contribution in [1.82, 2.24) is 10.2 Å². The number of hydrogen-bond donors (Lipinski definition) is 2. The minimum Gasteiger partial charge on any atom is -0.438 e. The molecule has 0 spiro atoms. The molecule has 0 bridgehead atoms. The molecule has 0 radical (unpaired) electrons. The smallest absolute Gasteiger partial charge is 0.238 e. The summed E-state index contributed by atoms with van der Waals surface area (Å²) < 4.78 is 6.36. The molecule has 0 atom stereocenters. The second kappa shape index (κ2) is 4.85. The molecular formula is C11H10BrN3OS. The van der Waals surface area contributed by atoms with E-state index in [-0.39, 0.29) is 0 Å². The summed E-state index contributed by atoms with van der Waals surface area (Å²) >= 11 is 8.31. The normalized spacial score (nSPS) is 10.2. The summed E-state index contributed by atoms with van der Waals surface area (Å²) in [5, 5.41) is 6.79. The van der Waals surface area contributed by atoms with Crippen LogP contribution in [0.3, 0.4) is 0 Å². The number of hydrogen-bond acceptors (Lipinski definition) is 3. The number of aryl methyl sites for hydroxylation is 1. The Morgan fingerprint density at radius 3 is 2.76 bits per heavy atom. The average molecular weight is 312 g/mol. The number of nitrogens with one attached hydrogen (secondary N) is 1. The highest BCUT2D eigenvalue weighted by Crippen LogP contribution is 2.26. The molecule has 6 heteroatoms. The van der Waals surface area contributed by atoms with Gasteiger partial charge in [-0.25, -0.2) is 0 Å². The van der Waals surface area contributed by atoms with E-state index in [1.165, 1.54) is 0 Å². The van der Waals surface area contributed by atoms with Crippen molar-refractivity contribution in [3.05, 3.63) is 40.0 Å². The van der Waals surface area contributed by atoms with E-state index in [1.807, 2.05) is 13.0 Å². The van der Waals surface area contributed by atoms with Crippen molar-refractivity contribution in [2.45, 2.75) is 6.92 Å².